The standard InChI is InChI=1S/C20H24O6/c1-11-5-4-6-12(2)8-16(18-13(3)19(22)25-15(18)7-11)26-20(23)14-9-17(21)24-10-14/h6-7,9,15-18,21H,3-5,8,10H2,1-2H3/b11-7+,12-6+/t15-,16-,17?,18+/m1/s1. The SMILES string of the molecule is C=C1C(=O)O[C@@H]2/C=C(\C)CC/C=C(\C)C[C@@H](OC(=O)C3=CC(O)OC3)[C@@H]12. The first-order valence-electron chi connectivity index (χ1n) is 8.79. The van der Waals surface area contributed by atoms with Crippen molar-refractivity contribution < 1.29 is 28.9 Å². The highest BCUT2D eigenvalue weighted by molar-refractivity contribution is 5.92. The summed E-state index contributed by atoms with van der Waals surface area (Å²) in [5.41, 5.74) is 2.80. The summed E-state index contributed by atoms with van der Waals surface area (Å²) in [5.74, 6) is -1.44. The van der Waals surface area contributed by atoms with Gasteiger partial charge in [-0.15, -0.1) is 0 Å². The molecule has 2 aliphatic heterocycles. The van der Waals surface area contributed by atoms with Crippen molar-refractivity contribution in [3.8, 4) is 0 Å². The van der Waals surface area contributed by atoms with Crippen molar-refractivity contribution in [3.05, 3.63) is 47.1 Å². The maximum Gasteiger partial charge on any atom is 0.336 e. The van der Waals surface area contributed by atoms with Gasteiger partial charge >= 0.3 is 11.9 Å². The van der Waals surface area contributed by atoms with Crippen molar-refractivity contribution in [3.63, 3.8) is 0 Å². The smallest absolute Gasteiger partial charge is 0.336 e. The third-order valence-electron chi connectivity index (χ3n) is 4.94. The van der Waals surface area contributed by atoms with Crippen LogP contribution in [0.4, 0.5) is 0 Å². The van der Waals surface area contributed by atoms with Gasteiger partial charge < -0.3 is 19.3 Å². The van der Waals surface area contributed by atoms with Gasteiger partial charge in [-0.05, 0) is 38.8 Å². The van der Waals surface area contributed by atoms with Crippen molar-refractivity contribution >= 4 is 11.9 Å². The molecule has 3 aliphatic rings. The molecule has 0 bridgehead atoms. The van der Waals surface area contributed by atoms with E-state index in [9.17, 15) is 14.7 Å². The van der Waals surface area contributed by atoms with Crippen LogP contribution in [0, 0.1) is 5.92 Å². The predicted octanol–water partition coefficient (Wildman–Crippen LogP) is 2.35. The van der Waals surface area contributed by atoms with Crippen LogP contribution in [0.1, 0.15) is 33.1 Å². The van der Waals surface area contributed by atoms with Gasteiger partial charge in [0.25, 0.3) is 0 Å². The Bertz CT molecular complexity index is 714. The molecule has 6 nitrogen and oxygen atoms in total. The number of carbonyl (C=O) groups is 2. The lowest BCUT2D eigenvalue weighted by Crippen LogP contribution is -2.34. The number of allylic oxidation sites excluding steroid dienone is 2. The number of hydrogen-bond acceptors (Lipinski definition) is 6. The van der Waals surface area contributed by atoms with Gasteiger partial charge in [0, 0.05) is 12.0 Å². The molecule has 1 unspecified atom stereocenters. The van der Waals surface area contributed by atoms with Gasteiger partial charge in [0.2, 0.25) is 0 Å². The van der Waals surface area contributed by atoms with Crippen molar-refractivity contribution in [2.24, 2.45) is 5.92 Å². The summed E-state index contributed by atoms with van der Waals surface area (Å²) >= 11 is 0. The average Bonchev–Trinajstić information content (AvgIpc) is 3.11. The summed E-state index contributed by atoms with van der Waals surface area (Å²) in [6.45, 7) is 7.86. The van der Waals surface area contributed by atoms with Gasteiger partial charge in [-0.25, -0.2) is 9.59 Å². The molecule has 1 aliphatic carbocycles. The summed E-state index contributed by atoms with van der Waals surface area (Å²) in [6, 6.07) is 0. The monoisotopic (exact) mass is 360 g/mol. The highest BCUT2D eigenvalue weighted by Crippen LogP contribution is 2.36. The fourth-order valence-corrected chi connectivity index (χ4v) is 3.52. The molecule has 0 saturated carbocycles. The van der Waals surface area contributed by atoms with E-state index in [4.69, 9.17) is 14.2 Å². The van der Waals surface area contributed by atoms with Crippen molar-refractivity contribution in [1.29, 1.82) is 0 Å². The Morgan fingerprint density at radius 2 is 2.08 bits per heavy atom. The van der Waals surface area contributed by atoms with E-state index in [1.165, 1.54) is 6.08 Å². The van der Waals surface area contributed by atoms with Crippen LogP contribution in [0.15, 0.2) is 47.1 Å². The van der Waals surface area contributed by atoms with Crippen LogP contribution in [0.25, 0.3) is 0 Å². The number of ether oxygens (including phenoxy) is 3. The van der Waals surface area contributed by atoms with E-state index in [0.29, 0.717) is 12.0 Å². The second kappa shape index (κ2) is 7.60. The molecule has 0 aromatic carbocycles. The van der Waals surface area contributed by atoms with E-state index >= 15 is 0 Å². The lowest BCUT2D eigenvalue weighted by Gasteiger charge is -2.27. The van der Waals surface area contributed by atoms with E-state index < -0.39 is 36.4 Å². The summed E-state index contributed by atoms with van der Waals surface area (Å²) in [7, 11) is 0. The largest absolute Gasteiger partial charge is 0.458 e. The zero-order valence-corrected chi connectivity index (χ0v) is 15.1. The Labute approximate surface area is 152 Å². The minimum Gasteiger partial charge on any atom is -0.458 e. The van der Waals surface area contributed by atoms with E-state index in [2.05, 4.69) is 12.7 Å². The molecule has 3 rings (SSSR count). The van der Waals surface area contributed by atoms with E-state index in [1.807, 2.05) is 19.9 Å². The summed E-state index contributed by atoms with van der Waals surface area (Å²) in [5, 5.41) is 9.40. The molecule has 6 heteroatoms. The van der Waals surface area contributed by atoms with E-state index in [1.54, 1.807) is 0 Å². The molecule has 26 heavy (non-hydrogen) atoms. The maximum atomic E-state index is 12.5. The normalized spacial score (nSPS) is 36.2. The molecule has 0 aromatic heterocycles. The van der Waals surface area contributed by atoms with Crippen LogP contribution in [0.2, 0.25) is 0 Å². The predicted molar refractivity (Wildman–Crippen MR) is 93.8 cm³/mol. The number of aliphatic hydroxyl groups is 1. The lowest BCUT2D eigenvalue weighted by molar-refractivity contribution is -0.147. The Hall–Kier alpha value is -2.18. The van der Waals surface area contributed by atoms with Gasteiger partial charge in [-0.1, -0.05) is 23.8 Å². The summed E-state index contributed by atoms with van der Waals surface area (Å²) in [4.78, 5) is 24.6. The quantitative estimate of drug-likeness (QED) is 0.462. The number of carbonyl (C=O) groups excluding carboxylic acids is 2. The second-order valence-corrected chi connectivity index (χ2v) is 7.06. The fourth-order valence-electron chi connectivity index (χ4n) is 3.52. The Morgan fingerprint density at radius 3 is 2.77 bits per heavy atom. The molecular formula is C20H24O6. The first-order valence-corrected chi connectivity index (χ1v) is 8.79. The number of esters is 2. The fraction of sp³-hybridized carbons (Fsp3) is 0.500. The topological polar surface area (TPSA) is 82.1 Å². The Kier molecular flexibility index (Phi) is 5.44. The third-order valence-corrected chi connectivity index (χ3v) is 4.94. The van der Waals surface area contributed by atoms with E-state index in [0.717, 1.165) is 24.0 Å². The highest BCUT2D eigenvalue weighted by Gasteiger charge is 2.44. The maximum absolute atomic E-state index is 12.5. The Morgan fingerprint density at radius 1 is 1.31 bits per heavy atom. The van der Waals surface area contributed by atoms with Crippen molar-refractivity contribution in [2.45, 2.75) is 51.6 Å². The summed E-state index contributed by atoms with van der Waals surface area (Å²) < 4.78 is 16.2. The van der Waals surface area contributed by atoms with Gasteiger partial charge in [0.1, 0.15) is 12.2 Å². The number of aliphatic hydroxyl groups excluding tert-OH is 1. The minimum absolute atomic E-state index is 0.00498. The number of rotatable bonds is 2. The molecule has 1 N–H and O–H groups in total. The first-order chi connectivity index (χ1) is 12.3. The number of hydrogen-bond donors (Lipinski definition) is 1. The van der Waals surface area contributed by atoms with Gasteiger partial charge in [0.05, 0.1) is 18.1 Å². The first kappa shape index (κ1) is 18.6. The molecule has 0 amide bonds. The molecule has 0 spiro atoms. The zero-order valence-electron chi connectivity index (χ0n) is 15.1. The van der Waals surface area contributed by atoms with Crippen LogP contribution >= 0.6 is 0 Å². The molecule has 1 fully saturated rings. The van der Waals surface area contributed by atoms with Crippen LogP contribution in [-0.4, -0.2) is 42.1 Å². The van der Waals surface area contributed by atoms with Crippen LogP contribution in [0.3, 0.4) is 0 Å². The van der Waals surface area contributed by atoms with Gasteiger partial charge in [-0.3, -0.25) is 0 Å². The minimum atomic E-state index is -1.09. The Balaban J connectivity index is 1.89. The average molecular weight is 360 g/mol. The van der Waals surface area contributed by atoms with Crippen molar-refractivity contribution in [2.75, 3.05) is 6.61 Å². The van der Waals surface area contributed by atoms with Crippen molar-refractivity contribution in [1.82, 2.24) is 0 Å². The molecule has 0 aromatic rings. The zero-order chi connectivity index (χ0) is 18.8. The molecule has 2 heterocycles. The van der Waals surface area contributed by atoms with Crippen LogP contribution < -0.4 is 0 Å². The van der Waals surface area contributed by atoms with Gasteiger partial charge in [0.15, 0.2) is 6.29 Å². The molecule has 140 valence electrons. The molecular weight excluding hydrogens is 336 g/mol. The van der Waals surface area contributed by atoms with Crippen LogP contribution in [-0.2, 0) is 23.8 Å². The lowest BCUT2D eigenvalue weighted by atomic mass is 9.85. The molecule has 0 radical (unpaired) electrons. The highest BCUT2D eigenvalue weighted by atomic mass is 16.6. The third kappa shape index (κ3) is 3.97. The van der Waals surface area contributed by atoms with Crippen LogP contribution in [0.5, 0.6) is 0 Å². The summed E-state index contributed by atoms with van der Waals surface area (Å²) in [6.07, 6.45) is 5.49. The molecule has 1 saturated heterocycles. The van der Waals surface area contributed by atoms with Gasteiger partial charge in [-0.2, -0.15) is 0 Å². The molecule has 4 atom stereocenters. The second-order valence-electron chi connectivity index (χ2n) is 7.06. The number of fused-ring (bicyclic) bond motifs is 1. The van der Waals surface area contributed by atoms with E-state index in [-0.39, 0.29) is 12.2 Å².